The minimum Gasteiger partial charge on any atom is -0.497 e. The standard InChI is InChI=1S/C22H29N3O/c1-26-21-6-4-5-19(17-21)18-8-10-20(11-9-18)24-13-15-25(16-14-24)22-7-2-3-12-23-22/h2-7,12,17-18,20H,8-11,13-16H2,1H3. The highest BCUT2D eigenvalue weighted by molar-refractivity contribution is 5.38. The molecule has 0 unspecified atom stereocenters. The van der Waals surface area contributed by atoms with Crippen molar-refractivity contribution in [2.45, 2.75) is 37.6 Å². The van der Waals surface area contributed by atoms with Crippen LogP contribution in [0.15, 0.2) is 48.7 Å². The summed E-state index contributed by atoms with van der Waals surface area (Å²) in [4.78, 5) is 9.62. The Kier molecular flexibility index (Phi) is 5.40. The molecule has 1 aliphatic heterocycles. The van der Waals surface area contributed by atoms with Gasteiger partial charge in [-0.15, -0.1) is 0 Å². The molecule has 2 aliphatic rings. The van der Waals surface area contributed by atoms with E-state index in [-0.39, 0.29) is 0 Å². The average Bonchev–Trinajstić information content (AvgIpc) is 2.75. The number of methoxy groups -OCH3 is 1. The zero-order valence-corrected chi connectivity index (χ0v) is 15.7. The fourth-order valence-corrected chi connectivity index (χ4v) is 4.53. The lowest BCUT2D eigenvalue weighted by atomic mass is 9.81. The first-order valence-corrected chi connectivity index (χ1v) is 9.87. The van der Waals surface area contributed by atoms with E-state index in [0.29, 0.717) is 5.92 Å². The van der Waals surface area contributed by atoms with E-state index in [0.717, 1.165) is 43.8 Å². The molecule has 1 aromatic heterocycles. The third kappa shape index (κ3) is 3.85. The molecule has 0 bridgehead atoms. The third-order valence-electron chi connectivity index (χ3n) is 6.07. The number of ether oxygens (including phenoxy) is 1. The van der Waals surface area contributed by atoms with Crippen molar-refractivity contribution in [3.63, 3.8) is 0 Å². The van der Waals surface area contributed by atoms with Crippen LogP contribution in [-0.2, 0) is 0 Å². The van der Waals surface area contributed by atoms with Crippen LogP contribution in [0.4, 0.5) is 5.82 Å². The van der Waals surface area contributed by atoms with Crippen LogP contribution in [0.25, 0.3) is 0 Å². The molecule has 4 nitrogen and oxygen atoms in total. The highest BCUT2D eigenvalue weighted by Gasteiger charge is 2.29. The van der Waals surface area contributed by atoms with Crippen LogP contribution in [0.5, 0.6) is 5.75 Å². The second kappa shape index (κ2) is 8.09. The van der Waals surface area contributed by atoms with Crippen LogP contribution in [0.2, 0.25) is 0 Å². The zero-order valence-electron chi connectivity index (χ0n) is 15.7. The van der Waals surface area contributed by atoms with Gasteiger partial charge in [0.05, 0.1) is 7.11 Å². The van der Waals surface area contributed by atoms with Gasteiger partial charge in [0.25, 0.3) is 0 Å². The molecule has 0 radical (unpaired) electrons. The Balaban J connectivity index is 1.29. The fraction of sp³-hybridized carbons (Fsp3) is 0.500. The van der Waals surface area contributed by atoms with Crippen molar-refractivity contribution in [3.8, 4) is 5.75 Å². The van der Waals surface area contributed by atoms with Crippen LogP contribution >= 0.6 is 0 Å². The van der Waals surface area contributed by atoms with Gasteiger partial charge in [-0.25, -0.2) is 4.98 Å². The molecule has 26 heavy (non-hydrogen) atoms. The number of hydrogen-bond donors (Lipinski definition) is 0. The number of benzene rings is 1. The quantitative estimate of drug-likeness (QED) is 0.834. The first-order chi connectivity index (χ1) is 12.8. The Hall–Kier alpha value is -2.07. The summed E-state index contributed by atoms with van der Waals surface area (Å²) in [6.45, 7) is 4.50. The molecule has 4 heteroatoms. The Labute approximate surface area is 156 Å². The maximum Gasteiger partial charge on any atom is 0.128 e. The summed E-state index contributed by atoms with van der Waals surface area (Å²) < 4.78 is 5.39. The van der Waals surface area contributed by atoms with Gasteiger partial charge < -0.3 is 9.64 Å². The minimum absolute atomic E-state index is 0.691. The van der Waals surface area contributed by atoms with Crippen molar-refractivity contribution in [1.29, 1.82) is 0 Å². The third-order valence-corrected chi connectivity index (χ3v) is 6.07. The summed E-state index contributed by atoms with van der Waals surface area (Å²) in [6.07, 6.45) is 7.09. The summed E-state index contributed by atoms with van der Waals surface area (Å²) >= 11 is 0. The summed E-state index contributed by atoms with van der Waals surface area (Å²) in [5.41, 5.74) is 1.45. The molecule has 4 rings (SSSR count). The van der Waals surface area contributed by atoms with Crippen molar-refractivity contribution >= 4 is 5.82 Å². The van der Waals surface area contributed by atoms with Gasteiger partial charge in [-0.1, -0.05) is 18.2 Å². The van der Waals surface area contributed by atoms with E-state index in [1.165, 1.54) is 31.2 Å². The maximum absolute atomic E-state index is 5.39. The molecule has 1 aromatic carbocycles. The van der Waals surface area contributed by atoms with Gasteiger partial charge in [-0.2, -0.15) is 0 Å². The Morgan fingerprint density at radius 3 is 2.42 bits per heavy atom. The first kappa shape index (κ1) is 17.3. The Morgan fingerprint density at radius 2 is 1.73 bits per heavy atom. The van der Waals surface area contributed by atoms with Crippen LogP contribution in [0, 0.1) is 0 Å². The van der Waals surface area contributed by atoms with E-state index in [1.807, 2.05) is 18.3 Å². The van der Waals surface area contributed by atoms with E-state index < -0.39 is 0 Å². The smallest absolute Gasteiger partial charge is 0.128 e. The summed E-state index contributed by atoms with van der Waals surface area (Å²) in [5.74, 6) is 2.79. The van der Waals surface area contributed by atoms with E-state index >= 15 is 0 Å². The number of rotatable bonds is 4. The van der Waals surface area contributed by atoms with E-state index in [2.05, 4.69) is 45.1 Å². The second-order valence-corrected chi connectivity index (χ2v) is 7.49. The molecule has 0 spiro atoms. The number of anilines is 1. The summed E-state index contributed by atoms with van der Waals surface area (Å²) in [5, 5.41) is 0. The van der Waals surface area contributed by atoms with Gasteiger partial charge in [-0.3, -0.25) is 4.90 Å². The molecular formula is C22H29N3O. The normalized spacial score (nSPS) is 24.4. The zero-order chi connectivity index (χ0) is 17.8. The molecular weight excluding hydrogens is 322 g/mol. The SMILES string of the molecule is COc1cccc(C2CCC(N3CCN(c4ccccn4)CC3)CC2)c1. The fourth-order valence-electron chi connectivity index (χ4n) is 4.53. The largest absolute Gasteiger partial charge is 0.497 e. The van der Waals surface area contributed by atoms with Crippen molar-refractivity contribution < 1.29 is 4.74 Å². The lowest BCUT2D eigenvalue weighted by Crippen LogP contribution is -2.51. The van der Waals surface area contributed by atoms with E-state index in [4.69, 9.17) is 4.74 Å². The van der Waals surface area contributed by atoms with Crippen LogP contribution < -0.4 is 9.64 Å². The Morgan fingerprint density at radius 1 is 0.923 bits per heavy atom. The minimum atomic E-state index is 0.691. The summed E-state index contributed by atoms with van der Waals surface area (Å²) in [7, 11) is 1.75. The van der Waals surface area contributed by atoms with Crippen molar-refractivity contribution in [3.05, 3.63) is 54.2 Å². The van der Waals surface area contributed by atoms with Gasteiger partial charge in [0.15, 0.2) is 0 Å². The monoisotopic (exact) mass is 351 g/mol. The van der Waals surface area contributed by atoms with Gasteiger partial charge in [0.2, 0.25) is 0 Å². The van der Waals surface area contributed by atoms with Gasteiger partial charge >= 0.3 is 0 Å². The second-order valence-electron chi connectivity index (χ2n) is 7.49. The number of aromatic nitrogens is 1. The molecule has 1 aliphatic carbocycles. The van der Waals surface area contributed by atoms with Gasteiger partial charge in [-0.05, 0) is 61.4 Å². The molecule has 0 amide bonds. The average molecular weight is 351 g/mol. The number of nitrogens with zero attached hydrogens (tertiary/aromatic N) is 3. The number of piperazine rings is 1. The van der Waals surface area contributed by atoms with Gasteiger partial charge in [0, 0.05) is 38.4 Å². The first-order valence-electron chi connectivity index (χ1n) is 9.87. The van der Waals surface area contributed by atoms with E-state index in [9.17, 15) is 0 Å². The highest BCUT2D eigenvalue weighted by atomic mass is 16.5. The van der Waals surface area contributed by atoms with Crippen LogP contribution in [0.1, 0.15) is 37.2 Å². The number of hydrogen-bond acceptors (Lipinski definition) is 4. The predicted molar refractivity (Wildman–Crippen MR) is 106 cm³/mol. The molecule has 1 saturated carbocycles. The van der Waals surface area contributed by atoms with Crippen LogP contribution in [0.3, 0.4) is 0 Å². The predicted octanol–water partition coefficient (Wildman–Crippen LogP) is 3.94. The summed E-state index contributed by atoms with van der Waals surface area (Å²) in [6, 6.07) is 15.6. The lowest BCUT2D eigenvalue weighted by molar-refractivity contribution is 0.141. The maximum atomic E-state index is 5.39. The molecule has 0 N–H and O–H groups in total. The number of pyridine rings is 1. The molecule has 2 aromatic rings. The van der Waals surface area contributed by atoms with Crippen molar-refractivity contribution in [1.82, 2.24) is 9.88 Å². The highest BCUT2D eigenvalue weighted by Crippen LogP contribution is 2.36. The molecule has 138 valence electrons. The molecule has 0 atom stereocenters. The van der Waals surface area contributed by atoms with E-state index in [1.54, 1.807) is 7.11 Å². The van der Waals surface area contributed by atoms with Crippen molar-refractivity contribution in [2.24, 2.45) is 0 Å². The molecule has 1 saturated heterocycles. The molecule has 2 fully saturated rings. The Bertz CT molecular complexity index is 690. The van der Waals surface area contributed by atoms with Gasteiger partial charge in [0.1, 0.15) is 11.6 Å². The lowest BCUT2D eigenvalue weighted by Gasteiger charge is -2.42. The molecule has 2 heterocycles. The van der Waals surface area contributed by atoms with Crippen molar-refractivity contribution in [2.75, 3.05) is 38.2 Å². The van der Waals surface area contributed by atoms with Crippen LogP contribution in [-0.4, -0.2) is 49.2 Å². The topological polar surface area (TPSA) is 28.6 Å².